The number of benzene rings is 2. The van der Waals surface area contributed by atoms with Gasteiger partial charge in [-0.05, 0) is 16.3 Å². The Morgan fingerprint density at radius 3 is 2.58 bits per heavy atom. The van der Waals surface area contributed by atoms with E-state index in [2.05, 4.69) is 20.3 Å². The van der Waals surface area contributed by atoms with Gasteiger partial charge in [-0.25, -0.2) is 15.0 Å². The van der Waals surface area contributed by atoms with E-state index in [0.717, 1.165) is 16.3 Å². The van der Waals surface area contributed by atoms with Gasteiger partial charge in [0.25, 0.3) is 0 Å². The Labute approximate surface area is 146 Å². The predicted octanol–water partition coefficient (Wildman–Crippen LogP) is 4.09. The molecule has 4 rings (SSSR count). The van der Waals surface area contributed by atoms with Gasteiger partial charge in [-0.2, -0.15) is 13.2 Å². The Kier molecular flexibility index (Phi) is 3.75. The van der Waals surface area contributed by atoms with Crippen molar-refractivity contribution in [3.8, 4) is 0 Å². The molecule has 0 saturated heterocycles. The van der Waals surface area contributed by atoms with E-state index in [1.165, 1.54) is 13.4 Å². The molecule has 1 N–H and O–H groups in total. The van der Waals surface area contributed by atoms with Crippen LogP contribution >= 0.6 is 0 Å². The Bertz CT molecular complexity index is 1100. The molecule has 132 valence electrons. The molecule has 0 fully saturated rings. The monoisotopic (exact) mass is 357 g/mol. The lowest BCUT2D eigenvalue weighted by atomic mass is 10.0. The molecule has 2 heterocycles. The van der Waals surface area contributed by atoms with E-state index in [1.54, 1.807) is 4.57 Å². The summed E-state index contributed by atoms with van der Waals surface area (Å²) >= 11 is 0. The Balaban J connectivity index is 1.86. The fourth-order valence-electron chi connectivity index (χ4n) is 2.97. The summed E-state index contributed by atoms with van der Waals surface area (Å²) in [6, 6.07) is 13.7. The second kappa shape index (κ2) is 5.98. The molecule has 0 aliphatic heterocycles. The number of nitrogens with one attached hydrogen (secondary N) is 1. The van der Waals surface area contributed by atoms with Crippen LogP contribution in [0.5, 0.6) is 0 Å². The standard InChI is InChI=1S/C18H14F3N5/c1-22-15-14-16(25-17(24-15)18(19,20)21)26(10-23-14)9-12-7-4-6-11-5-2-3-8-13(11)12/h2-8,10H,9H2,1H3,(H,22,24,25). The molecule has 0 unspecified atom stereocenters. The molecule has 0 atom stereocenters. The number of fused-ring (bicyclic) bond motifs is 2. The summed E-state index contributed by atoms with van der Waals surface area (Å²) in [5.74, 6) is -1.13. The number of alkyl halides is 3. The van der Waals surface area contributed by atoms with Crippen molar-refractivity contribution in [2.45, 2.75) is 12.7 Å². The summed E-state index contributed by atoms with van der Waals surface area (Å²) < 4.78 is 41.0. The van der Waals surface area contributed by atoms with E-state index in [-0.39, 0.29) is 11.5 Å². The van der Waals surface area contributed by atoms with Crippen molar-refractivity contribution >= 4 is 27.8 Å². The molecule has 0 radical (unpaired) electrons. The van der Waals surface area contributed by atoms with Gasteiger partial charge in [-0.15, -0.1) is 0 Å². The van der Waals surface area contributed by atoms with Crippen LogP contribution in [0, 0.1) is 0 Å². The lowest BCUT2D eigenvalue weighted by Crippen LogP contribution is -2.13. The number of nitrogens with zero attached hydrogens (tertiary/aromatic N) is 4. The van der Waals surface area contributed by atoms with Crippen LogP contribution in [0.15, 0.2) is 48.8 Å². The zero-order valence-electron chi connectivity index (χ0n) is 13.7. The summed E-state index contributed by atoms with van der Waals surface area (Å²) in [5.41, 5.74) is 1.42. The second-order valence-electron chi connectivity index (χ2n) is 5.83. The lowest BCUT2D eigenvalue weighted by molar-refractivity contribution is -0.144. The number of imidazole rings is 1. The van der Waals surface area contributed by atoms with Gasteiger partial charge in [-0.1, -0.05) is 42.5 Å². The maximum atomic E-state index is 13.1. The zero-order valence-corrected chi connectivity index (χ0v) is 13.7. The van der Waals surface area contributed by atoms with Crippen LogP contribution in [0.3, 0.4) is 0 Å². The van der Waals surface area contributed by atoms with Crippen LogP contribution in [0.2, 0.25) is 0 Å². The van der Waals surface area contributed by atoms with Crippen LogP contribution in [0.4, 0.5) is 19.0 Å². The van der Waals surface area contributed by atoms with Crippen LogP contribution in [0.25, 0.3) is 21.9 Å². The molecule has 5 nitrogen and oxygen atoms in total. The maximum Gasteiger partial charge on any atom is 0.451 e. The molecule has 0 bridgehead atoms. The number of anilines is 1. The fraction of sp³-hybridized carbons (Fsp3) is 0.167. The molecule has 2 aromatic carbocycles. The molecular formula is C18H14F3N5. The Morgan fingerprint density at radius 2 is 1.81 bits per heavy atom. The quantitative estimate of drug-likeness (QED) is 0.600. The van der Waals surface area contributed by atoms with E-state index >= 15 is 0 Å². The van der Waals surface area contributed by atoms with Crippen molar-refractivity contribution < 1.29 is 13.2 Å². The molecule has 0 amide bonds. The average molecular weight is 357 g/mol. The minimum absolute atomic E-state index is 0.0546. The number of hydrogen-bond acceptors (Lipinski definition) is 4. The van der Waals surface area contributed by atoms with Crippen molar-refractivity contribution in [1.82, 2.24) is 19.5 Å². The summed E-state index contributed by atoms with van der Waals surface area (Å²) in [4.78, 5) is 11.5. The molecule has 0 saturated carbocycles. The van der Waals surface area contributed by atoms with Crippen LogP contribution in [0.1, 0.15) is 11.4 Å². The average Bonchev–Trinajstić information content (AvgIpc) is 3.03. The van der Waals surface area contributed by atoms with Crippen LogP contribution < -0.4 is 5.32 Å². The third-order valence-electron chi connectivity index (χ3n) is 4.17. The summed E-state index contributed by atoms with van der Waals surface area (Å²) in [6.45, 7) is 0.356. The summed E-state index contributed by atoms with van der Waals surface area (Å²) in [7, 11) is 1.51. The van der Waals surface area contributed by atoms with E-state index in [9.17, 15) is 13.2 Å². The van der Waals surface area contributed by atoms with E-state index in [4.69, 9.17) is 0 Å². The first-order valence-corrected chi connectivity index (χ1v) is 7.92. The van der Waals surface area contributed by atoms with Crippen LogP contribution in [-0.4, -0.2) is 26.6 Å². The molecule has 4 aromatic rings. The number of rotatable bonds is 3. The van der Waals surface area contributed by atoms with Gasteiger partial charge >= 0.3 is 6.18 Å². The predicted molar refractivity (Wildman–Crippen MR) is 92.9 cm³/mol. The van der Waals surface area contributed by atoms with Crippen molar-refractivity contribution in [1.29, 1.82) is 0 Å². The highest BCUT2D eigenvalue weighted by Gasteiger charge is 2.36. The highest BCUT2D eigenvalue weighted by atomic mass is 19.4. The van der Waals surface area contributed by atoms with Gasteiger partial charge in [0.2, 0.25) is 5.82 Å². The lowest BCUT2D eigenvalue weighted by Gasteiger charge is -2.10. The van der Waals surface area contributed by atoms with Gasteiger partial charge in [0.1, 0.15) is 5.52 Å². The zero-order chi connectivity index (χ0) is 18.3. The van der Waals surface area contributed by atoms with Gasteiger partial charge in [-0.3, -0.25) is 0 Å². The molecule has 0 spiro atoms. The summed E-state index contributed by atoms with van der Waals surface area (Å²) in [5, 5.41) is 4.77. The van der Waals surface area contributed by atoms with E-state index in [1.807, 2.05) is 42.5 Å². The van der Waals surface area contributed by atoms with Gasteiger partial charge in [0.05, 0.1) is 12.9 Å². The van der Waals surface area contributed by atoms with E-state index < -0.39 is 12.0 Å². The topological polar surface area (TPSA) is 55.6 Å². The fourth-order valence-corrected chi connectivity index (χ4v) is 2.97. The SMILES string of the molecule is CNc1nc(C(F)(F)F)nc2c1ncn2Cc1cccc2ccccc12. The normalized spacial score (nSPS) is 12.0. The first-order valence-electron chi connectivity index (χ1n) is 7.92. The highest BCUT2D eigenvalue weighted by Crippen LogP contribution is 2.30. The van der Waals surface area contributed by atoms with Gasteiger partial charge < -0.3 is 9.88 Å². The maximum absolute atomic E-state index is 13.1. The van der Waals surface area contributed by atoms with Crippen LogP contribution in [-0.2, 0) is 12.7 Å². The third-order valence-corrected chi connectivity index (χ3v) is 4.17. The molecule has 8 heteroatoms. The number of hydrogen-bond donors (Lipinski definition) is 1. The summed E-state index contributed by atoms with van der Waals surface area (Å²) in [6.07, 6.45) is -3.14. The minimum atomic E-state index is -4.63. The second-order valence-corrected chi connectivity index (χ2v) is 5.83. The molecular weight excluding hydrogens is 343 g/mol. The first-order chi connectivity index (χ1) is 12.5. The number of aromatic nitrogens is 4. The molecule has 2 aromatic heterocycles. The first kappa shape index (κ1) is 16.3. The van der Waals surface area contributed by atoms with E-state index in [0.29, 0.717) is 12.1 Å². The van der Waals surface area contributed by atoms with Gasteiger partial charge in [0.15, 0.2) is 11.5 Å². The smallest absolute Gasteiger partial charge is 0.371 e. The van der Waals surface area contributed by atoms with Crippen molar-refractivity contribution in [2.24, 2.45) is 0 Å². The third kappa shape index (κ3) is 2.73. The molecule has 0 aliphatic carbocycles. The van der Waals surface area contributed by atoms with Crippen molar-refractivity contribution in [2.75, 3.05) is 12.4 Å². The minimum Gasteiger partial charge on any atom is -0.371 e. The van der Waals surface area contributed by atoms with Crippen molar-refractivity contribution in [3.05, 3.63) is 60.2 Å². The molecule has 26 heavy (non-hydrogen) atoms. The largest absolute Gasteiger partial charge is 0.451 e. The Morgan fingerprint density at radius 1 is 1.04 bits per heavy atom. The Hall–Kier alpha value is -3.16. The van der Waals surface area contributed by atoms with Crippen molar-refractivity contribution in [3.63, 3.8) is 0 Å². The highest BCUT2D eigenvalue weighted by molar-refractivity contribution is 5.86. The number of halogens is 3. The molecule has 0 aliphatic rings. The van der Waals surface area contributed by atoms with Gasteiger partial charge in [0, 0.05) is 7.05 Å².